The maximum absolute atomic E-state index is 13.6. The van der Waals surface area contributed by atoms with E-state index in [1.54, 1.807) is 34.4 Å². The normalized spacial score (nSPS) is 10.8. The molecule has 0 aliphatic heterocycles. The molecule has 0 radical (unpaired) electrons. The van der Waals surface area contributed by atoms with Gasteiger partial charge in [0.2, 0.25) is 5.91 Å². The van der Waals surface area contributed by atoms with Gasteiger partial charge in [-0.2, -0.15) is 0 Å². The van der Waals surface area contributed by atoms with E-state index in [4.69, 9.17) is 9.47 Å². The summed E-state index contributed by atoms with van der Waals surface area (Å²) in [5.41, 5.74) is 2.52. The van der Waals surface area contributed by atoms with Crippen molar-refractivity contribution in [3.63, 3.8) is 0 Å². The number of carbonyl (C=O) groups excluding carboxylic acids is 2. The van der Waals surface area contributed by atoms with Gasteiger partial charge in [0.1, 0.15) is 23.6 Å². The van der Waals surface area contributed by atoms with Crippen molar-refractivity contribution in [3.8, 4) is 11.5 Å². The molecule has 3 aromatic rings. The number of hydrogen-bond donors (Lipinski definition) is 0. The van der Waals surface area contributed by atoms with E-state index in [1.165, 1.54) is 14.2 Å². The van der Waals surface area contributed by atoms with E-state index in [9.17, 15) is 9.59 Å². The lowest BCUT2D eigenvalue weighted by atomic mass is 10.1. The number of aryl methyl sites for hydroxylation is 1. The summed E-state index contributed by atoms with van der Waals surface area (Å²) >= 11 is 1.64. The van der Waals surface area contributed by atoms with Crippen LogP contribution in [0.25, 0.3) is 0 Å². The van der Waals surface area contributed by atoms with Crippen LogP contribution < -0.4 is 9.47 Å². The summed E-state index contributed by atoms with van der Waals surface area (Å²) in [7, 11) is 3.03. The predicted octanol–water partition coefficient (Wildman–Crippen LogP) is 5.15. The second kappa shape index (κ2) is 11.7. The average molecular weight is 481 g/mol. The average Bonchev–Trinajstić information content (AvgIpc) is 3.25. The molecule has 6 nitrogen and oxygen atoms in total. The quantitative estimate of drug-likeness (QED) is 0.403. The van der Waals surface area contributed by atoms with Crippen LogP contribution in [0, 0.1) is 6.92 Å². The SMILES string of the molecule is COc1cccc(OC)c1C(=O)N(CC(=O)N(Cc1ccccc1)Cc1sccc1C)C(C)C. The molecule has 3 rings (SSSR count). The van der Waals surface area contributed by atoms with Crippen LogP contribution in [0.4, 0.5) is 0 Å². The minimum absolute atomic E-state index is 0.0467. The van der Waals surface area contributed by atoms with Gasteiger partial charge < -0.3 is 19.3 Å². The maximum Gasteiger partial charge on any atom is 0.262 e. The molecular weight excluding hydrogens is 448 g/mol. The van der Waals surface area contributed by atoms with Crippen molar-refractivity contribution in [1.82, 2.24) is 9.80 Å². The first-order chi connectivity index (χ1) is 16.3. The third kappa shape index (κ3) is 5.97. The van der Waals surface area contributed by atoms with Gasteiger partial charge in [-0.3, -0.25) is 9.59 Å². The van der Waals surface area contributed by atoms with Crippen LogP contribution in [0.3, 0.4) is 0 Å². The standard InChI is InChI=1S/C27H32N2O4S/c1-19(2)29(27(31)26-22(32-4)12-9-13-23(26)33-5)18-25(30)28(16-21-10-7-6-8-11-21)17-24-20(3)14-15-34-24/h6-15,19H,16-18H2,1-5H3. The summed E-state index contributed by atoms with van der Waals surface area (Å²) in [6, 6.07) is 17.0. The summed E-state index contributed by atoms with van der Waals surface area (Å²) in [6.45, 7) is 6.77. The van der Waals surface area contributed by atoms with Crippen LogP contribution in [0.2, 0.25) is 0 Å². The van der Waals surface area contributed by atoms with E-state index in [2.05, 4.69) is 13.0 Å². The Balaban J connectivity index is 1.89. The molecule has 7 heteroatoms. The zero-order chi connectivity index (χ0) is 24.7. The third-order valence-corrected chi connectivity index (χ3v) is 6.71. The Hall–Kier alpha value is -3.32. The van der Waals surface area contributed by atoms with Crippen LogP contribution in [0.5, 0.6) is 11.5 Å². The topological polar surface area (TPSA) is 59.1 Å². The Bertz CT molecular complexity index is 1090. The van der Waals surface area contributed by atoms with Crippen molar-refractivity contribution >= 4 is 23.2 Å². The fraction of sp³-hybridized carbons (Fsp3) is 0.333. The number of ether oxygens (including phenoxy) is 2. The zero-order valence-corrected chi connectivity index (χ0v) is 21.2. The molecule has 0 spiro atoms. The lowest BCUT2D eigenvalue weighted by molar-refractivity contribution is -0.133. The van der Waals surface area contributed by atoms with Crippen LogP contribution in [-0.4, -0.2) is 48.4 Å². The lowest BCUT2D eigenvalue weighted by Gasteiger charge is -2.31. The van der Waals surface area contributed by atoms with E-state index in [1.807, 2.05) is 54.5 Å². The predicted molar refractivity (Wildman–Crippen MR) is 135 cm³/mol. The first kappa shape index (κ1) is 25.3. The molecule has 0 bridgehead atoms. The Morgan fingerprint density at radius 1 is 0.912 bits per heavy atom. The summed E-state index contributed by atoms with van der Waals surface area (Å²) < 4.78 is 10.9. The lowest BCUT2D eigenvalue weighted by Crippen LogP contribution is -2.45. The van der Waals surface area contributed by atoms with Gasteiger partial charge in [-0.1, -0.05) is 36.4 Å². The minimum Gasteiger partial charge on any atom is -0.496 e. The highest BCUT2D eigenvalue weighted by atomic mass is 32.1. The number of rotatable bonds is 10. The summed E-state index contributed by atoms with van der Waals surface area (Å²) in [6.07, 6.45) is 0. The molecule has 0 saturated heterocycles. The Labute approximate surface area is 205 Å². The first-order valence-electron chi connectivity index (χ1n) is 11.2. The Kier molecular flexibility index (Phi) is 8.71. The first-order valence-corrected chi connectivity index (χ1v) is 12.1. The molecule has 1 heterocycles. The number of nitrogens with zero attached hydrogens (tertiary/aromatic N) is 2. The zero-order valence-electron chi connectivity index (χ0n) is 20.4. The second-order valence-electron chi connectivity index (χ2n) is 8.33. The van der Waals surface area contributed by atoms with Gasteiger partial charge in [-0.05, 0) is 55.5 Å². The number of thiophene rings is 1. The van der Waals surface area contributed by atoms with Crippen LogP contribution >= 0.6 is 11.3 Å². The summed E-state index contributed by atoms with van der Waals surface area (Å²) in [4.78, 5) is 31.8. The number of carbonyl (C=O) groups is 2. The van der Waals surface area contributed by atoms with E-state index >= 15 is 0 Å². The molecule has 0 saturated carbocycles. The van der Waals surface area contributed by atoms with Gasteiger partial charge in [-0.15, -0.1) is 11.3 Å². The smallest absolute Gasteiger partial charge is 0.262 e. The van der Waals surface area contributed by atoms with Gasteiger partial charge >= 0.3 is 0 Å². The van der Waals surface area contributed by atoms with Gasteiger partial charge in [-0.25, -0.2) is 0 Å². The highest BCUT2D eigenvalue weighted by Gasteiger charge is 2.29. The second-order valence-corrected chi connectivity index (χ2v) is 9.33. The molecule has 34 heavy (non-hydrogen) atoms. The van der Waals surface area contributed by atoms with E-state index < -0.39 is 0 Å². The summed E-state index contributed by atoms with van der Waals surface area (Å²) in [5, 5.41) is 2.04. The number of benzene rings is 2. The molecule has 0 fully saturated rings. The largest absolute Gasteiger partial charge is 0.496 e. The molecule has 0 aliphatic carbocycles. The van der Waals surface area contributed by atoms with Crippen LogP contribution in [-0.2, 0) is 17.9 Å². The molecule has 180 valence electrons. The van der Waals surface area contributed by atoms with Crippen LogP contribution in [0.1, 0.15) is 40.2 Å². The van der Waals surface area contributed by atoms with Gasteiger partial charge in [0.15, 0.2) is 0 Å². The molecular formula is C27H32N2O4S. The van der Waals surface area contributed by atoms with Crippen molar-refractivity contribution in [1.29, 1.82) is 0 Å². The van der Waals surface area contributed by atoms with Crippen molar-refractivity contribution in [2.75, 3.05) is 20.8 Å². The Morgan fingerprint density at radius 3 is 2.09 bits per heavy atom. The summed E-state index contributed by atoms with van der Waals surface area (Å²) in [5.74, 6) is 0.410. The van der Waals surface area contributed by atoms with E-state index in [0.717, 1.165) is 16.0 Å². The highest BCUT2D eigenvalue weighted by molar-refractivity contribution is 7.10. The van der Waals surface area contributed by atoms with E-state index in [-0.39, 0.29) is 24.4 Å². The van der Waals surface area contributed by atoms with Crippen molar-refractivity contribution in [2.24, 2.45) is 0 Å². The third-order valence-electron chi connectivity index (χ3n) is 5.70. The van der Waals surface area contributed by atoms with Gasteiger partial charge in [0.05, 0.1) is 20.8 Å². The van der Waals surface area contributed by atoms with Crippen molar-refractivity contribution < 1.29 is 19.1 Å². The van der Waals surface area contributed by atoms with Crippen LogP contribution in [0.15, 0.2) is 60.0 Å². The Morgan fingerprint density at radius 2 is 1.56 bits per heavy atom. The fourth-order valence-electron chi connectivity index (χ4n) is 3.72. The van der Waals surface area contributed by atoms with Crippen molar-refractivity contribution in [2.45, 2.75) is 39.9 Å². The highest BCUT2D eigenvalue weighted by Crippen LogP contribution is 2.30. The number of methoxy groups -OCH3 is 2. The molecule has 0 N–H and O–H groups in total. The van der Waals surface area contributed by atoms with Gasteiger partial charge in [0, 0.05) is 17.5 Å². The maximum atomic E-state index is 13.6. The monoisotopic (exact) mass is 480 g/mol. The molecule has 2 amide bonds. The van der Waals surface area contributed by atoms with Gasteiger partial charge in [0.25, 0.3) is 5.91 Å². The molecule has 2 aromatic carbocycles. The number of amides is 2. The fourth-order valence-corrected chi connectivity index (χ4v) is 4.64. The van der Waals surface area contributed by atoms with Crippen molar-refractivity contribution in [3.05, 3.63) is 81.5 Å². The van der Waals surface area contributed by atoms with E-state index in [0.29, 0.717) is 30.2 Å². The molecule has 0 unspecified atom stereocenters. The molecule has 0 atom stereocenters. The molecule has 1 aromatic heterocycles. The number of hydrogen-bond acceptors (Lipinski definition) is 5. The molecule has 0 aliphatic rings. The minimum atomic E-state index is -0.301.